The Balaban J connectivity index is 1.32. The minimum absolute atomic E-state index is 0.103. The minimum atomic E-state index is -4.53. The number of nitriles is 1. The molecule has 1 amide bonds. The number of carbonyl (C=O) groups excluding carboxylic acids is 1. The van der Waals surface area contributed by atoms with Gasteiger partial charge in [0.1, 0.15) is 6.07 Å². The topological polar surface area (TPSA) is 75.5 Å². The number of fused-ring (bicyclic) bond motifs is 1. The van der Waals surface area contributed by atoms with Crippen molar-refractivity contribution in [1.82, 2.24) is 14.8 Å². The van der Waals surface area contributed by atoms with Crippen molar-refractivity contribution in [3.8, 4) is 6.07 Å². The Bertz CT molecular complexity index is 1410. The fraction of sp³-hybridized carbons (Fsp3) is 0.345. The molecule has 0 saturated carbocycles. The van der Waals surface area contributed by atoms with E-state index in [2.05, 4.69) is 26.2 Å². The van der Waals surface area contributed by atoms with Gasteiger partial charge in [0.25, 0.3) is 5.91 Å². The first kappa shape index (κ1) is 26.7. The number of halogens is 3. The van der Waals surface area contributed by atoms with Crippen molar-refractivity contribution in [1.29, 1.82) is 5.26 Å². The third-order valence-electron chi connectivity index (χ3n) is 7.30. The van der Waals surface area contributed by atoms with Crippen LogP contribution in [0.4, 0.5) is 24.5 Å². The molecule has 2 aromatic carbocycles. The van der Waals surface area contributed by atoms with Gasteiger partial charge in [0.05, 0.1) is 11.1 Å². The zero-order chi connectivity index (χ0) is 27.6. The maximum atomic E-state index is 14.0. The largest absolute Gasteiger partial charge is 0.416 e. The Morgan fingerprint density at radius 2 is 1.82 bits per heavy atom. The van der Waals surface area contributed by atoms with Crippen LogP contribution in [0.25, 0.3) is 0 Å². The Morgan fingerprint density at radius 3 is 2.56 bits per heavy atom. The summed E-state index contributed by atoms with van der Waals surface area (Å²) in [5, 5.41) is 11.8. The zero-order valence-electron chi connectivity index (χ0n) is 21.6. The number of rotatable bonds is 6. The number of carbonyl (C=O) groups is 1. The molecule has 202 valence electrons. The Kier molecular flexibility index (Phi) is 7.55. The maximum absolute atomic E-state index is 14.0. The highest BCUT2D eigenvalue weighted by Crippen LogP contribution is 2.35. The molecule has 0 atom stereocenters. The SMILES string of the molecule is CN1CCN(Cc2ccc(NC(=O)c3ccc4c(c3)N(Cc3cncc(C#N)c3)CC4)cc2C(F)(F)F)CC1. The first-order valence-electron chi connectivity index (χ1n) is 12.8. The summed E-state index contributed by atoms with van der Waals surface area (Å²) in [6.45, 7) is 4.55. The van der Waals surface area contributed by atoms with Gasteiger partial charge in [0.2, 0.25) is 0 Å². The second-order valence-electron chi connectivity index (χ2n) is 10.1. The van der Waals surface area contributed by atoms with E-state index in [-0.39, 0.29) is 17.8 Å². The van der Waals surface area contributed by atoms with E-state index in [1.807, 2.05) is 18.0 Å². The molecule has 0 spiro atoms. The van der Waals surface area contributed by atoms with Crippen molar-refractivity contribution in [3.63, 3.8) is 0 Å². The van der Waals surface area contributed by atoms with Crippen molar-refractivity contribution >= 4 is 17.3 Å². The first-order valence-corrected chi connectivity index (χ1v) is 12.8. The summed E-state index contributed by atoms with van der Waals surface area (Å²) in [6, 6.07) is 13.2. The van der Waals surface area contributed by atoms with E-state index < -0.39 is 17.6 Å². The number of aromatic nitrogens is 1. The van der Waals surface area contributed by atoms with E-state index in [0.29, 0.717) is 30.8 Å². The first-order chi connectivity index (χ1) is 18.7. The molecule has 2 aliphatic rings. The van der Waals surface area contributed by atoms with E-state index in [1.165, 1.54) is 18.3 Å². The van der Waals surface area contributed by atoms with Crippen LogP contribution in [-0.4, -0.2) is 60.5 Å². The van der Waals surface area contributed by atoms with Gasteiger partial charge in [-0.1, -0.05) is 12.1 Å². The van der Waals surface area contributed by atoms with Gasteiger partial charge in [-0.25, -0.2) is 0 Å². The number of anilines is 2. The molecule has 1 aromatic heterocycles. The van der Waals surface area contributed by atoms with Gasteiger partial charge < -0.3 is 15.1 Å². The number of benzene rings is 2. The fourth-order valence-electron chi connectivity index (χ4n) is 5.11. The van der Waals surface area contributed by atoms with Gasteiger partial charge in [-0.3, -0.25) is 14.7 Å². The summed E-state index contributed by atoms with van der Waals surface area (Å²) in [6.07, 6.45) is -0.505. The van der Waals surface area contributed by atoms with E-state index in [4.69, 9.17) is 5.26 Å². The number of nitrogens with one attached hydrogen (secondary N) is 1. The number of hydrogen-bond acceptors (Lipinski definition) is 6. The fourth-order valence-corrected chi connectivity index (χ4v) is 5.11. The molecule has 1 N–H and O–H groups in total. The van der Waals surface area contributed by atoms with Gasteiger partial charge in [-0.05, 0) is 60.5 Å². The van der Waals surface area contributed by atoms with Crippen LogP contribution in [-0.2, 0) is 25.7 Å². The van der Waals surface area contributed by atoms with Gasteiger partial charge in [-0.2, -0.15) is 18.4 Å². The lowest BCUT2D eigenvalue weighted by atomic mass is 10.0. The summed E-state index contributed by atoms with van der Waals surface area (Å²) >= 11 is 0. The lowest BCUT2D eigenvalue weighted by molar-refractivity contribution is -0.138. The van der Waals surface area contributed by atoms with Crippen LogP contribution in [0.15, 0.2) is 54.9 Å². The quantitative estimate of drug-likeness (QED) is 0.501. The lowest BCUT2D eigenvalue weighted by Gasteiger charge is -2.33. The number of hydrogen-bond donors (Lipinski definition) is 1. The molecule has 5 rings (SSSR count). The summed E-state index contributed by atoms with van der Waals surface area (Å²) in [5.74, 6) is -0.474. The van der Waals surface area contributed by atoms with E-state index in [9.17, 15) is 18.0 Å². The zero-order valence-corrected chi connectivity index (χ0v) is 21.6. The van der Waals surface area contributed by atoms with Crippen LogP contribution in [0.5, 0.6) is 0 Å². The molecule has 3 aromatic rings. The van der Waals surface area contributed by atoms with Gasteiger partial charge in [-0.15, -0.1) is 0 Å². The van der Waals surface area contributed by atoms with Gasteiger partial charge >= 0.3 is 6.18 Å². The van der Waals surface area contributed by atoms with Crippen LogP contribution in [0.3, 0.4) is 0 Å². The third kappa shape index (κ3) is 6.21. The number of pyridine rings is 1. The maximum Gasteiger partial charge on any atom is 0.416 e. The van der Waals surface area contributed by atoms with Crippen molar-refractivity contribution in [2.75, 3.05) is 50.0 Å². The van der Waals surface area contributed by atoms with Gasteiger partial charge in [0, 0.05) is 75.1 Å². The molecule has 0 aliphatic carbocycles. The molecule has 0 unspecified atom stereocenters. The summed E-state index contributed by atoms with van der Waals surface area (Å²) in [5.41, 5.74) is 3.28. The number of alkyl halides is 3. The molecular formula is C29H29F3N6O. The van der Waals surface area contributed by atoms with E-state index in [0.717, 1.165) is 48.9 Å². The molecule has 0 radical (unpaired) electrons. The second-order valence-corrected chi connectivity index (χ2v) is 10.1. The van der Waals surface area contributed by atoms with E-state index >= 15 is 0 Å². The Morgan fingerprint density at radius 1 is 1.03 bits per heavy atom. The van der Waals surface area contributed by atoms with Crippen molar-refractivity contribution < 1.29 is 18.0 Å². The number of likely N-dealkylation sites (N-methyl/N-ethyl adjacent to an activating group) is 1. The molecule has 39 heavy (non-hydrogen) atoms. The lowest BCUT2D eigenvalue weighted by Crippen LogP contribution is -2.44. The average Bonchev–Trinajstić information content (AvgIpc) is 3.32. The molecule has 2 aliphatic heterocycles. The average molecular weight is 535 g/mol. The predicted octanol–water partition coefficient (Wildman–Crippen LogP) is 4.53. The summed E-state index contributed by atoms with van der Waals surface area (Å²) < 4.78 is 41.9. The van der Waals surface area contributed by atoms with Gasteiger partial charge in [0.15, 0.2) is 0 Å². The second kappa shape index (κ2) is 11.0. The molecule has 7 nitrogen and oxygen atoms in total. The van der Waals surface area contributed by atoms with Crippen LogP contribution in [0.1, 0.15) is 38.2 Å². The molecule has 3 heterocycles. The number of piperazine rings is 1. The molecule has 0 bridgehead atoms. The third-order valence-corrected chi connectivity index (χ3v) is 7.30. The van der Waals surface area contributed by atoms with Crippen molar-refractivity contribution in [2.45, 2.75) is 25.7 Å². The molecule has 1 fully saturated rings. The standard InChI is InChI=1S/C29H29F3N6O/c1-36-8-10-37(11-9-36)19-24-4-5-25(14-26(24)29(30,31)32)35-28(39)23-3-2-22-6-7-38(27(22)13-23)18-21-12-20(15-33)16-34-17-21/h2-5,12-14,16-17H,6-11,18-19H2,1H3,(H,35,39). The minimum Gasteiger partial charge on any atom is -0.367 e. The van der Waals surface area contributed by atoms with Crippen LogP contribution in [0, 0.1) is 11.3 Å². The normalized spacial score (nSPS) is 16.1. The summed E-state index contributed by atoms with van der Waals surface area (Å²) in [4.78, 5) is 23.5. The smallest absolute Gasteiger partial charge is 0.367 e. The summed E-state index contributed by atoms with van der Waals surface area (Å²) in [7, 11) is 2.00. The highest BCUT2D eigenvalue weighted by Gasteiger charge is 2.34. The molecular weight excluding hydrogens is 505 g/mol. The van der Waals surface area contributed by atoms with Crippen LogP contribution in [0.2, 0.25) is 0 Å². The van der Waals surface area contributed by atoms with Crippen LogP contribution < -0.4 is 10.2 Å². The monoisotopic (exact) mass is 534 g/mol. The predicted molar refractivity (Wildman–Crippen MR) is 142 cm³/mol. The Labute approximate surface area is 225 Å². The van der Waals surface area contributed by atoms with Crippen molar-refractivity contribution in [3.05, 3.63) is 88.2 Å². The number of nitrogens with zero attached hydrogens (tertiary/aromatic N) is 5. The number of amides is 1. The van der Waals surface area contributed by atoms with Crippen molar-refractivity contribution in [2.24, 2.45) is 0 Å². The Hall–Kier alpha value is -3.94. The van der Waals surface area contributed by atoms with E-state index in [1.54, 1.807) is 24.4 Å². The highest BCUT2D eigenvalue weighted by atomic mass is 19.4. The molecule has 1 saturated heterocycles. The molecule has 10 heteroatoms. The highest BCUT2D eigenvalue weighted by molar-refractivity contribution is 6.05. The van der Waals surface area contributed by atoms with Crippen LogP contribution >= 0.6 is 0 Å².